The lowest BCUT2D eigenvalue weighted by atomic mass is 10.1. The fourth-order valence-electron chi connectivity index (χ4n) is 2.05. The summed E-state index contributed by atoms with van der Waals surface area (Å²) in [5.41, 5.74) is 3.35. The number of rotatable bonds is 5. The second-order valence-corrected chi connectivity index (χ2v) is 6.02. The smallest absolute Gasteiger partial charge is 0.123 e. The van der Waals surface area contributed by atoms with Crippen LogP contribution in [-0.2, 0) is 13.0 Å². The van der Waals surface area contributed by atoms with Crippen molar-refractivity contribution >= 4 is 27.5 Å². The highest BCUT2D eigenvalue weighted by molar-refractivity contribution is 9.10. The summed E-state index contributed by atoms with van der Waals surface area (Å²) in [6.45, 7) is 3.56. The molecule has 0 saturated heterocycles. The monoisotopic (exact) mass is 355 g/mol. The van der Waals surface area contributed by atoms with Gasteiger partial charge in [-0.3, -0.25) is 0 Å². The maximum atomic E-state index is 13.0. The van der Waals surface area contributed by atoms with Gasteiger partial charge in [-0.2, -0.15) is 0 Å². The van der Waals surface area contributed by atoms with Crippen molar-refractivity contribution in [2.45, 2.75) is 19.9 Å². The first-order chi connectivity index (χ1) is 9.56. The molecule has 0 aliphatic heterocycles. The SMILES string of the molecule is Cc1cc(F)ccc1CCNCc1ccc(Cl)cc1Br. The molecule has 2 aromatic carbocycles. The molecule has 0 heterocycles. The predicted molar refractivity (Wildman–Crippen MR) is 85.7 cm³/mol. The summed E-state index contributed by atoms with van der Waals surface area (Å²) in [5, 5.41) is 4.11. The molecule has 0 saturated carbocycles. The second-order valence-electron chi connectivity index (χ2n) is 4.73. The summed E-state index contributed by atoms with van der Waals surface area (Å²) < 4.78 is 14.0. The number of hydrogen-bond acceptors (Lipinski definition) is 1. The molecule has 0 radical (unpaired) electrons. The van der Waals surface area contributed by atoms with Crippen molar-refractivity contribution in [3.63, 3.8) is 0 Å². The lowest BCUT2D eigenvalue weighted by molar-refractivity contribution is 0.624. The van der Waals surface area contributed by atoms with E-state index in [9.17, 15) is 4.39 Å². The maximum Gasteiger partial charge on any atom is 0.123 e. The predicted octanol–water partition coefficient (Wildman–Crippen LogP) is 4.88. The van der Waals surface area contributed by atoms with E-state index in [1.807, 2.05) is 31.2 Å². The molecule has 0 spiro atoms. The molecular weight excluding hydrogens is 341 g/mol. The van der Waals surface area contributed by atoms with Crippen LogP contribution in [0.5, 0.6) is 0 Å². The second kappa shape index (κ2) is 7.21. The average Bonchev–Trinajstić information content (AvgIpc) is 2.39. The molecule has 0 aliphatic carbocycles. The molecule has 2 aromatic rings. The normalized spacial score (nSPS) is 10.8. The van der Waals surface area contributed by atoms with Crippen LogP contribution in [-0.4, -0.2) is 6.54 Å². The van der Waals surface area contributed by atoms with Gasteiger partial charge in [0.2, 0.25) is 0 Å². The molecule has 0 fully saturated rings. The highest BCUT2D eigenvalue weighted by Crippen LogP contribution is 2.21. The van der Waals surface area contributed by atoms with Crippen molar-refractivity contribution in [1.29, 1.82) is 0 Å². The third-order valence-electron chi connectivity index (χ3n) is 3.21. The Morgan fingerprint density at radius 1 is 1.15 bits per heavy atom. The van der Waals surface area contributed by atoms with Crippen LogP contribution in [0.1, 0.15) is 16.7 Å². The Labute approximate surface area is 132 Å². The topological polar surface area (TPSA) is 12.0 Å². The zero-order chi connectivity index (χ0) is 14.5. The molecule has 2 rings (SSSR count). The fraction of sp³-hybridized carbons (Fsp3) is 0.250. The van der Waals surface area contributed by atoms with Crippen LogP contribution in [0.3, 0.4) is 0 Å². The van der Waals surface area contributed by atoms with E-state index < -0.39 is 0 Å². The third-order valence-corrected chi connectivity index (χ3v) is 4.18. The van der Waals surface area contributed by atoms with Crippen LogP contribution in [0, 0.1) is 12.7 Å². The Hall–Kier alpha value is -0.900. The summed E-state index contributed by atoms with van der Waals surface area (Å²) in [6.07, 6.45) is 0.886. The van der Waals surface area contributed by atoms with Crippen LogP contribution in [0.15, 0.2) is 40.9 Å². The molecule has 4 heteroatoms. The van der Waals surface area contributed by atoms with E-state index in [2.05, 4.69) is 21.2 Å². The van der Waals surface area contributed by atoms with Gasteiger partial charge in [0.05, 0.1) is 0 Å². The minimum absolute atomic E-state index is 0.177. The first-order valence-electron chi connectivity index (χ1n) is 6.46. The van der Waals surface area contributed by atoms with Gasteiger partial charge in [-0.25, -0.2) is 4.39 Å². The van der Waals surface area contributed by atoms with Crippen LogP contribution in [0.2, 0.25) is 5.02 Å². The van der Waals surface area contributed by atoms with Crippen molar-refractivity contribution in [3.05, 3.63) is 68.4 Å². The van der Waals surface area contributed by atoms with Gasteiger partial charge in [0.15, 0.2) is 0 Å². The van der Waals surface area contributed by atoms with Gasteiger partial charge in [-0.15, -0.1) is 0 Å². The highest BCUT2D eigenvalue weighted by atomic mass is 79.9. The molecule has 0 atom stereocenters. The molecule has 0 unspecified atom stereocenters. The summed E-state index contributed by atoms with van der Waals surface area (Å²) >= 11 is 9.41. The van der Waals surface area contributed by atoms with Crippen molar-refractivity contribution < 1.29 is 4.39 Å². The zero-order valence-corrected chi connectivity index (χ0v) is 13.6. The summed E-state index contributed by atoms with van der Waals surface area (Å²) in [6, 6.07) is 10.7. The van der Waals surface area contributed by atoms with Gasteiger partial charge >= 0.3 is 0 Å². The van der Waals surface area contributed by atoms with Crippen molar-refractivity contribution in [2.24, 2.45) is 0 Å². The molecule has 0 aliphatic rings. The Morgan fingerprint density at radius 2 is 1.90 bits per heavy atom. The van der Waals surface area contributed by atoms with Crippen LogP contribution in [0.4, 0.5) is 4.39 Å². The lowest BCUT2D eigenvalue weighted by Crippen LogP contribution is -2.17. The lowest BCUT2D eigenvalue weighted by Gasteiger charge is -2.09. The van der Waals surface area contributed by atoms with E-state index in [4.69, 9.17) is 11.6 Å². The highest BCUT2D eigenvalue weighted by Gasteiger charge is 2.02. The van der Waals surface area contributed by atoms with E-state index >= 15 is 0 Å². The van der Waals surface area contributed by atoms with E-state index in [-0.39, 0.29) is 5.82 Å². The number of benzene rings is 2. The van der Waals surface area contributed by atoms with Crippen LogP contribution < -0.4 is 5.32 Å². The van der Waals surface area contributed by atoms with E-state index in [1.165, 1.54) is 17.2 Å². The molecular formula is C16H16BrClFN. The van der Waals surface area contributed by atoms with Crippen molar-refractivity contribution in [1.82, 2.24) is 5.32 Å². The first-order valence-corrected chi connectivity index (χ1v) is 7.63. The number of aryl methyl sites for hydroxylation is 1. The molecule has 1 N–H and O–H groups in total. The molecule has 0 aromatic heterocycles. The zero-order valence-electron chi connectivity index (χ0n) is 11.2. The van der Waals surface area contributed by atoms with Crippen molar-refractivity contribution in [2.75, 3.05) is 6.54 Å². The standard InChI is InChI=1S/C16H16BrClFN/c1-11-8-15(19)5-3-12(11)6-7-20-10-13-2-4-14(18)9-16(13)17/h2-5,8-9,20H,6-7,10H2,1H3. The minimum Gasteiger partial charge on any atom is -0.312 e. The first kappa shape index (κ1) is 15.5. The Balaban J connectivity index is 1.84. The Bertz CT molecular complexity index is 548. The summed E-state index contributed by atoms with van der Waals surface area (Å²) in [5.74, 6) is -0.177. The number of hydrogen-bond donors (Lipinski definition) is 1. The van der Waals surface area contributed by atoms with Gasteiger partial charge in [0.25, 0.3) is 0 Å². The van der Waals surface area contributed by atoms with Gasteiger partial charge in [0.1, 0.15) is 5.82 Å². The minimum atomic E-state index is -0.177. The van der Waals surface area contributed by atoms with Crippen LogP contribution >= 0.6 is 27.5 Å². The Morgan fingerprint density at radius 3 is 2.60 bits per heavy atom. The number of halogens is 3. The van der Waals surface area contributed by atoms with Gasteiger partial charge in [-0.1, -0.05) is 39.7 Å². The molecule has 106 valence electrons. The molecule has 20 heavy (non-hydrogen) atoms. The van der Waals surface area contributed by atoms with Crippen molar-refractivity contribution in [3.8, 4) is 0 Å². The Kier molecular flexibility index (Phi) is 5.58. The molecule has 0 bridgehead atoms. The van der Waals surface area contributed by atoms with Gasteiger partial charge < -0.3 is 5.32 Å². The quantitative estimate of drug-likeness (QED) is 0.753. The van der Waals surface area contributed by atoms with E-state index in [0.29, 0.717) is 0 Å². The van der Waals surface area contributed by atoms with Gasteiger partial charge in [0, 0.05) is 16.0 Å². The molecule has 1 nitrogen and oxygen atoms in total. The van der Waals surface area contributed by atoms with E-state index in [0.717, 1.165) is 34.6 Å². The maximum absolute atomic E-state index is 13.0. The largest absolute Gasteiger partial charge is 0.312 e. The summed E-state index contributed by atoms with van der Waals surface area (Å²) in [4.78, 5) is 0. The molecule has 0 amide bonds. The fourth-order valence-corrected chi connectivity index (χ4v) is 2.87. The van der Waals surface area contributed by atoms with Gasteiger partial charge in [-0.05, 0) is 60.8 Å². The number of nitrogens with one attached hydrogen (secondary N) is 1. The average molecular weight is 357 g/mol. The van der Waals surface area contributed by atoms with Crippen LogP contribution in [0.25, 0.3) is 0 Å². The third kappa shape index (κ3) is 4.30. The van der Waals surface area contributed by atoms with E-state index in [1.54, 1.807) is 6.07 Å². The summed E-state index contributed by atoms with van der Waals surface area (Å²) in [7, 11) is 0.